The average molecular weight is 248 g/mol. The van der Waals surface area contributed by atoms with Gasteiger partial charge in [0.2, 0.25) is 5.95 Å². The van der Waals surface area contributed by atoms with Crippen LogP contribution in [-0.4, -0.2) is 21.3 Å². The number of nitrogen functional groups attached to an aromatic ring is 1. The number of hydrogen-bond donors (Lipinski definition) is 1. The maximum atomic E-state index is 13.8. The Morgan fingerprint density at radius 1 is 1.33 bits per heavy atom. The highest BCUT2D eigenvalue weighted by Gasteiger charge is 2.09. The largest absolute Gasteiger partial charge is 0.488 e. The normalized spacial score (nSPS) is 10.7. The van der Waals surface area contributed by atoms with Gasteiger partial charge in [-0.15, -0.1) is 5.10 Å². The van der Waals surface area contributed by atoms with Gasteiger partial charge in [0.15, 0.2) is 11.6 Å². The second-order valence-electron chi connectivity index (χ2n) is 4.01. The van der Waals surface area contributed by atoms with E-state index in [0.29, 0.717) is 11.3 Å². The predicted octanol–water partition coefficient (Wildman–Crippen LogP) is 2.05. The summed E-state index contributed by atoms with van der Waals surface area (Å²) < 4.78 is 19.1. The van der Waals surface area contributed by atoms with Crippen molar-refractivity contribution in [3.63, 3.8) is 0 Å². The first-order valence-electron chi connectivity index (χ1n) is 5.48. The van der Waals surface area contributed by atoms with Crippen LogP contribution in [0, 0.1) is 5.82 Å². The van der Waals surface area contributed by atoms with Gasteiger partial charge < -0.3 is 10.5 Å². The van der Waals surface area contributed by atoms with Crippen LogP contribution in [0.25, 0.3) is 11.3 Å². The van der Waals surface area contributed by atoms with E-state index in [4.69, 9.17) is 10.5 Å². The number of aromatic nitrogens is 3. The molecular formula is C12H13FN4O. The summed E-state index contributed by atoms with van der Waals surface area (Å²) in [7, 11) is 0. The molecule has 1 heterocycles. The highest BCUT2D eigenvalue weighted by atomic mass is 19.1. The summed E-state index contributed by atoms with van der Waals surface area (Å²) in [4.78, 5) is 3.97. The van der Waals surface area contributed by atoms with Gasteiger partial charge in [0.05, 0.1) is 18.0 Å². The summed E-state index contributed by atoms with van der Waals surface area (Å²) in [6.45, 7) is 3.67. The first-order chi connectivity index (χ1) is 8.56. The fourth-order valence-corrected chi connectivity index (χ4v) is 1.47. The van der Waals surface area contributed by atoms with Gasteiger partial charge in [-0.1, -0.05) is 0 Å². The maximum Gasteiger partial charge on any atom is 0.240 e. The Labute approximate surface area is 104 Å². The molecule has 0 bridgehead atoms. The van der Waals surface area contributed by atoms with Gasteiger partial charge in [-0.05, 0) is 32.0 Å². The van der Waals surface area contributed by atoms with Crippen LogP contribution in [0.2, 0.25) is 0 Å². The minimum Gasteiger partial charge on any atom is -0.488 e. The lowest BCUT2D eigenvalue weighted by Crippen LogP contribution is -2.07. The van der Waals surface area contributed by atoms with Gasteiger partial charge in [0.25, 0.3) is 0 Å². The monoisotopic (exact) mass is 248 g/mol. The molecule has 0 atom stereocenters. The molecule has 0 radical (unpaired) electrons. The lowest BCUT2D eigenvalue weighted by atomic mass is 10.1. The van der Waals surface area contributed by atoms with Gasteiger partial charge in [-0.3, -0.25) is 0 Å². The quantitative estimate of drug-likeness (QED) is 0.899. The van der Waals surface area contributed by atoms with E-state index < -0.39 is 5.82 Å². The highest BCUT2D eigenvalue weighted by molar-refractivity contribution is 5.60. The highest BCUT2D eigenvalue weighted by Crippen LogP contribution is 2.24. The molecule has 0 unspecified atom stereocenters. The number of nitrogens with zero attached hydrogens (tertiary/aromatic N) is 3. The standard InChI is InChI=1S/C12H13FN4O/c1-7(2)18-11-4-3-8(5-9(11)13)10-6-15-17-12(14)16-10/h3-7H,1-2H3,(H2,14,16,17). The lowest BCUT2D eigenvalue weighted by molar-refractivity contribution is 0.231. The molecule has 0 spiro atoms. The minimum absolute atomic E-state index is 0.0513. The molecule has 0 fully saturated rings. The molecule has 0 aliphatic heterocycles. The van der Waals surface area contributed by atoms with Gasteiger partial charge in [0, 0.05) is 5.56 Å². The molecule has 1 aromatic heterocycles. The Bertz CT molecular complexity index is 560. The smallest absolute Gasteiger partial charge is 0.240 e. The fourth-order valence-electron chi connectivity index (χ4n) is 1.47. The first-order valence-corrected chi connectivity index (χ1v) is 5.48. The molecule has 5 nitrogen and oxygen atoms in total. The molecule has 18 heavy (non-hydrogen) atoms. The topological polar surface area (TPSA) is 73.9 Å². The number of nitrogens with two attached hydrogens (primary N) is 1. The van der Waals surface area contributed by atoms with Crippen molar-refractivity contribution < 1.29 is 9.13 Å². The summed E-state index contributed by atoms with van der Waals surface area (Å²) in [6.07, 6.45) is 1.34. The Hall–Kier alpha value is -2.24. The molecule has 2 N–H and O–H groups in total. The second kappa shape index (κ2) is 4.95. The lowest BCUT2D eigenvalue weighted by Gasteiger charge is -2.11. The third-order valence-electron chi connectivity index (χ3n) is 2.17. The van der Waals surface area contributed by atoms with Crippen molar-refractivity contribution in [3.8, 4) is 17.0 Å². The Balaban J connectivity index is 2.34. The third kappa shape index (κ3) is 2.71. The molecule has 94 valence electrons. The van der Waals surface area contributed by atoms with Crippen molar-refractivity contribution in [2.24, 2.45) is 0 Å². The molecule has 1 aromatic carbocycles. The van der Waals surface area contributed by atoms with E-state index in [-0.39, 0.29) is 17.8 Å². The van der Waals surface area contributed by atoms with E-state index in [1.54, 1.807) is 12.1 Å². The van der Waals surface area contributed by atoms with Gasteiger partial charge in [0.1, 0.15) is 0 Å². The number of hydrogen-bond acceptors (Lipinski definition) is 5. The number of rotatable bonds is 3. The van der Waals surface area contributed by atoms with E-state index in [2.05, 4.69) is 15.2 Å². The zero-order chi connectivity index (χ0) is 13.1. The van der Waals surface area contributed by atoms with Crippen LogP contribution < -0.4 is 10.5 Å². The van der Waals surface area contributed by atoms with E-state index >= 15 is 0 Å². The van der Waals surface area contributed by atoms with Crippen LogP contribution in [0.1, 0.15) is 13.8 Å². The molecule has 0 amide bonds. The van der Waals surface area contributed by atoms with E-state index in [0.717, 1.165) is 0 Å². The van der Waals surface area contributed by atoms with E-state index in [1.165, 1.54) is 12.3 Å². The van der Waals surface area contributed by atoms with Crippen molar-refractivity contribution in [2.45, 2.75) is 20.0 Å². The van der Waals surface area contributed by atoms with Crippen molar-refractivity contribution in [2.75, 3.05) is 5.73 Å². The van der Waals surface area contributed by atoms with Crippen molar-refractivity contribution >= 4 is 5.95 Å². The summed E-state index contributed by atoms with van der Waals surface area (Å²) in [6, 6.07) is 4.59. The molecule has 0 saturated heterocycles. The molecule has 2 rings (SSSR count). The minimum atomic E-state index is -0.446. The first kappa shape index (κ1) is 12.2. The number of halogens is 1. The Morgan fingerprint density at radius 3 is 2.72 bits per heavy atom. The van der Waals surface area contributed by atoms with Crippen LogP contribution in [0.3, 0.4) is 0 Å². The van der Waals surface area contributed by atoms with Crippen molar-refractivity contribution in [1.82, 2.24) is 15.2 Å². The van der Waals surface area contributed by atoms with Crippen LogP contribution in [-0.2, 0) is 0 Å². The Morgan fingerprint density at radius 2 is 2.11 bits per heavy atom. The summed E-state index contributed by atoms with van der Waals surface area (Å²) in [5.74, 6) is -0.183. The number of benzene rings is 1. The van der Waals surface area contributed by atoms with E-state index in [9.17, 15) is 4.39 Å². The van der Waals surface area contributed by atoms with Crippen molar-refractivity contribution in [1.29, 1.82) is 0 Å². The number of ether oxygens (including phenoxy) is 1. The molecule has 0 aliphatic rings. The second-order valence-corrected chi connectivity index (χ2v) is 4.01. The van der Waals surface area contributed by atoms with Crippen LogP contribution >= 0.6 is 0 Å². The SMILES string of the molecule is CC(C)Oc1ccc(-c2cnnc(N)n2)cc1F. The van der Waals surface area contributed by atoms with Gasteiger partial charge in [-0.25, -0.2) is 9.37 Å². The van der Waals surface area contributed by atoms with Gasteiger partial charge in [-0.2, -0.15) is 5.10 Å². The molecule has 6 heteroatoms. The molecular weight excluding hydrogens is 235 g/mol. The summed E-state index contributed by atoms with van der Waals surface area (Å²) in [5.41, 5.74) is 6.47. The third-order valence-corrected chi connectivity index (χ3v) is 2.17. The molecule has 0 aliphatic carbocycles. The molecule has 0 saturated carbocycles. The number of anilines is 1. The average Bonchev–Trinajstić information content (AvgIpc) is 2.31. The van der Waals surface area contributed by atoms with Crippen LogP contribution in [0.5, 0.6) is 5.75 Å². The van der Waals surface area contributed by atoms with Crippen LogP contribution in [0.4, 0.5) is 10.3 Å². The predicted molar refractivity (Wildman–Crippen MR) is 65.4 cm³/mol. The Kier molecular flexibility index (Phi) is 3.36. The molecule has 2 aromatic rings. The van der Waals surface area contributed by atoms with Gasteiger partial charge >= 0.3 is 0 Å². The zero-order valence-corrected chi connectivity index (χ0v) is 10.1. The van der Waals surface area contributed by atoms with E-state index in [1.807, 2.05) is 13.8 Å². The summed E-state index contributed by atoms with van der Waals surface area (Å²) in [5, 5.41) is 7.21. The zero-order valence-electron chi connectivity index (χ0n) is 10.1. The fraction of sp³-hybridized carbons (Fsp3) is 0.250. The maximum absolute atomic E-state index is 13.8. The van der Waals surface area contributed by atoms with Crippen molar-refractivity contribution in [3.05, 3.63) is 30.2 Å². The van der Waals surface area contributed by atoms with Crippen LogP contribution in [0.15, 0.2) is 24.4 Å². The summed E-state index contributed by atoms with van der Waals surface area (Å²) >= 11 is 0.